The van der Waals surface area contributed by atoms with Crippen LogP contribution in [0.2, 0.25) is 0 Å². The summed E-state index contributed by atoms with van der Waals surface area (Å²) >= 11 is 0. The SMILES string of the molecule is CNC(Cc1cc(F)cc(F)c1)c1ccnn1C. The van der Waals surface area contributed by atoms with E-state index in [2.05, 4.69) is 10.4 Å². The standard InChI is InChI=1S/C13H15F2N3/c1-16-12(13-3-4-17-18(13)2)7-9-5-10(14)8-11(15)6-9/h3-6,8,12,16H,7H2,1-2H3. The minimum absolute atomic E-state index is 0.0290. The van der Waals surface area contributed by atoms with Crippen molar-refractivity contribution in [3.63, 3.8) is 0 Å². The first-order chi connectivity index (χ1) is 8.60. The largest absolute Gasteiger partial charge is 0.311 e. The molecule has 96 valence electrons. The van der Waals surface area contributed by atoms with Crippen molar-refractivity contribution in [1.82, 2.24) is 15.1 Å². The lowest BCUT2D eigenvalue weighted by Crippen LogP contribution is -2.21. The summed E-state index contributed by atoms with van der Waals surface area (Å²) < 4.78 is 28.0. The highest BCUT2D eigenvalue weighted by molar-refractivity contribution is 5.21. The summed E-state index contributed by atoms with van der Waals surface area (Å²) in [5, 5.41) is 7.22. The third-order valence-electron chi connectivity index (χ3n) is 2.93. The number of nitrogens with one attached hydrogen (secondary N) is 1. The van der Waals surface area contributed by atoms with E-state index < -0.39 is 11.6 Å². The molecule has 0 aliphatic rings. The molecule has 0 amide bonds. The van der Waals surface area contributed by atoms with Crippen LogP contribution in [0.15, 0.2) is 30.5 Å². The molecule has 3 nitrogen and oxygen atoms in total. The number of aromatic nitrogens is 2. The molecule has 1 heterocycles. The Kier molecular flexibility index (Phi) is 3.72. The maximum atomic E-state index is 13.1. The number of halogens is 2. The molecule has 18 heavy (non-hydrogen) atoms. The normalized spacial score (nSPS) is 12.7. The Morgan fingerprint density at radius 2 is 1.94 bits per heavy atom. The van der Waals surface area contributed by atoms with E-state index in [1.54, 1.807) is 10.9 Å². The number of nitrogens with zero attached hydrogens (tertiary/aromatic N) is 2. The zero-order valence-electron chi connectivity index (χ0n) is 10.3. The monoisotopic (exact) mass is 251 g/mol. The molecule has 0 saturated heterocycles. The summed E-state index contributed by atoms with van der Waals surface area (Å²) in [6.07, 6.45) is 2.20. The highest BCUT2D eigenvalue weighted by Crippen LogP contribution is 2.18. The number of rotatable bonds is 4. The molecular weight excluding hydrogens is 236 g/mol. The van der Waals surface area contributed by atoms with Crippen molar-refractivity contribution in [3.05, 3.63) is 53.4 Å². The predicted molar refractivity (Wildman–Crippen MR) is 65.1 cm³/mol. The van der Waals surface area contributed by atoms with Gasteiger partial charge in [-0.1, -0.05) is 0 Å². The Hall–Kier alpha value is -1.75. The molecule has 0 aliphatic heterocycles. The van der Waals surface area contributed by atoms with Gasteiger partial charge in [0.2, 0.25) is 0 Å². The summed E-state index contributed by atoms with van der Waals surface area (Å²) in [5.41, 5.74) is 1.59. The van der Waals surface area contributed by atoms with Crippen LogP contribution in [0.5, 0.6) is 0 Å². The van der Waals surface area contributed by atoms with E-state index in [1.807, 2.05) is 20.2 Å². The summed E-state index contributed by atoms with van der Waals surface area (Å²) in [6.45, 7) is 0. The van der Waals surface area contributed by atoms with Crippen LogP contribution in [0.3, 0.4) is 0 Å². The van der Waals surface area contributed by atoms with Gasteiger partial charge in [0.1, 0.15) is 11.6 Å². The van der Waals surface area contributed by atoms with E-state index >= 15 is 0 Å². The average Bonchev–Trinajstić information content (AvgIpc) is 2.71. The molecule has 0 spiro atoms. The Balaban J connectivity index is 2.23. The lowest BCUT2D eigenvalue weighted by molar-refractivity contribution is 0.529. The molecule has 1 unspecified atom stereocenters. The van der Waals surface area contributed by atoms with Crippen LogP contribution < -0.4 is 5.32 Å². The van der Waals surface area contributed by atoms with E-state index in [0.717, 1.165) is 11.8 Å². The van der Waals surface area contributed by atoms with Crippen molar-refractivity contribution in [2.75, 3.05) is 7.05 Å². The van der Waals surface area contributed by atoms with Gasteiger partial charge in [-0.15, -0.1) is 0 Å². The maximum absolute atomic E-state index is 13.1. The van der Waals surface area contributed by atoms with Gasteiger partial charge < -0.3 is 5.32 Å². The molecule has 0 bridgehead atoms. The smallest absolute Gasteiger partial charge is 0.126 e. The van der Waals surface area contributed by atoms with Crippen molar-refractivity contribution >= 4 is 0 Å². The summed E-state index contributed by atoms with van der Waals surface area (Å²) in [6, 6.07) is 5.44. The van der Waals surface area contributed by atoms with Crippen LogP contribution in [-0.2, 0) is 13.5 Å². The van der Waals surface area contributed by atoms with Crippen molar-refractivity contribution in [2.45, 2.75) is 12.5 Å². The van der Waals surface area contributed by atoms with Crippen LogP contribution in [-0.4, -0.2) is 16.8 Å². The molecular formula is C13H15F2N3. The highest BCUT2D eigenvalue weighted by Gasteiger charge is 2.14. The van der Waals surface area contributed by atoms with E-state index in [0.29, 0.717) is 12.0 Å². The van der Waals surface area contributed by atoms with Gasteiger partial charge in [0.05, 0.1) is 11.7 Å². The number of aryl methyl sites for hydroxylation is 1. The Morgan fingerprint density at radius 3 is 2.44 bits per heavy atom. The lowest BCUT2D eigenvalue weighted by atomic mass is 10.0. The second-order valence-corrected chi connectivity index (χ2v) is 4.20. The first-order valence-corrected chi connectivity index (χ1v) is 5.70. The minimum Gasteiger partial charge on any atom is -0.311 e. The van der Waals surface area contributed by atoms with Crippen LogP contribution in [0.4, 0.5) is 8.78 Å². The van der Waals surface area contributed by atoms with Gasteiger partial charge in [0.25, 0.3) is 0 Å². The van der Waals surface area contributed by atoms with Gasteiger partial charge in [-0.05, 0) is 37.2 Å². The molecule has 2 rings (SSSR count). The van der Waals surface area contributed by atoms with E-state index in [1.165, 1.54) is 12.1 Å². The van der Waals surface area contributed by atoms with Gasteiger partial charge in [-0.3, -0.25) is 4.68 Å². The minimum atomic E-state index is -0.551. The molecule has 0 aliphatic carbocycles. The molecule has 0 fully saturated rings. The van der Waals surface area contributed by atoms with Crippen LogP contribution in [0.1, 0.15) is 17.3 Å². The van der Waals surface area contributed by atoms with E-state index in [4.69, 9.17) is 0 Å². The van der Waals surface area contributed by atoms with Gasteiger partial charge in [-0.2, -0.15) is 5.10 Å². The topological polar surface area (TPSA) is 29.9 Å². The van der Waals surface area contributed by atoms with Crippen molar-refractivity contribution in [1.29, 1.82) is 0 Å². The van der Waals surface area contributed by atoms with Crippen LogP contribution in [0, 0.1) is 11.6 Å². The summed E-state index contributed by atoms with van der Waals surface area (Å²) in [7, 11) is 3.65. The lowest BCUT2D eigenvalue weighted by Gasteiger charge is -2.16. The number of benzene rings is 1. The molecule has 1 aromatic heterocycles. The third-order valence-corrected chi connectivity index (χ3v) is 2.93. The number of likely N-dealkylation sites (N-methyl/N-ethyl adjacent to an activating group) is 1. The quantitative estimate of drug-likeness (QED) is 0.902. The summed E-state index contributed by atoms with van der Waals surface area (Å²) in [5.74, 6) is -1.10. The van der Waals surface area contributed by atoms with Gasteiger partial charge in [-0.25, -0.2) is 8.78 Å². The average molecular weight is 251 g/mol. The molecule has 0 saturated carbocycles. The Morgan fingerprint density at radius 1 is 1.28 bits per heavy atom. The molecule has 1 aromatic carbocycles. The predicted octanol–water partition coefficient (Wildman–Crippen LogP) is 2.20. The van der Waals surface area contributed by atoms with E-state index in [-0.39, 0.29) is 6.04 Å². The molecule has 5 heteroatoms. The highest BCUT2D eigenvalue weighted by atomic mass is 19.1. The zero-order chi connectivity index (χ0) is 13.1. The third kappa shape index (κ3) is 2.73. The molecule has 1 N–H and O–H groups in total. The maximum Gasteiger partial charge on any atom is 0.126 e. The van der Waals surface area contributed by atoms with Crippen LogP contribution >= 0.6 is 0 Å². The fourth-order valence-electron chi connectivity index (χ4n) is 2.04. The number of hydrogen-bond donors (Lipinski definition) is 1. The Bertz CT molecular complexity index is 517. The second-order valence-electron chi connectivity index (χ2n) is 4.20. The van der Waals surface area contributed by atoms with Gasteiger partial charge >= 0.3 is 0 Å². The fourth-order valence-corrected chi connectivity index (χ4v) is 2.04. The van der Waals surface area contributed by atoms with Crippen LogP contribution in [0.25, 0.3) is 0 Å². The second kappa shape index (κ2) is 5.27. The Labute approximate surface area is 104 Å². The first-order valence-electron chi connectivity index (χ1n) is 5.70. The molecule has 0 radical (unpaired) electrons. The fraction of sp³-hybridized carbons (Fsp3) is 0.308. The van der Waals surface area contributed by atoms with Crippen molar-refractivity contribution < 1.29 is 8.78 Å². The number of hydrogen-bond acceptors (Lipinski definition) is 2. The van der Waals surface area contributed by atoms with Gasteiger partial charge in [0, 0.05) is 19.3 Å². The first kappa shape index (κ1) is 12.7. The van der Waals surface area contributed by atoms with Crippen molar-refractivity contribution in [2.24, 2.45) is 7.05 Å². The van der Waals surface area contributed by atoms with Gasteiger partial charge in [0.15, 0.2) is 0 Å². The molecule has 2 aromatic rings. The van der Waals surface area contributed by atoms with E-state index in [9.17, 15) is 8.78 Å². The zero-order valence-corrected chi connectivity index (χ0v) is 10.3. The van der Waals surface area contributed by atoms with Crippen molar-refractivity contribution in [3.8, 4) is 0 Å². The molecule has 1 atom stereocenters. The summed E-state index contributed by atoms with van der Waals surface area (Å²) in [4.78, 5) is 0.